The largest absolute Gasteiger partial charge is 0.390 e. The standard InChI is InChI=1S/C22H28N6O3S/c1-2-10-32-22-24-20(23-14-11-13(14)12-6-4-3-5-7-12)17-21(25-22)28(27-26-17)15-8-9-16(29)19(31)18(15)30/h3-7,13-16,18-19,29-31H,2,8-11H2,1H3,(H,23,24,25)/t13?,14?,15-,16+,18+,19-/m1/s1. The maximum atomic E-state index is 10.6. The molecule has 0 aliphatic heterocycles. The number of aliphatic hydroxyl groups is 3. The fourth-order valence-corrected chi connectivity index (χ4v) is 5.09. The predicted octanol–water partition coefficient (Wildman–Crippen LogP) is 2.11. The van der Waals surface area contributed by atoms with Gasteiger partial charge in [0.15, 0.2) is 22.1 Å². The molecule has 2 saturated carbocycles. The van der Waals surface area contributed by atoms with Crippen LogP contribution in [-0.4, -0.2) is 70.4 Å². The topological polar surface area (TPSA) is 129 Å². The summed E-state index contributed by atoms with van der Waals surface area (Å²) in [4.78, 5) is 9.41. The molecule has 0 amide bonds. The fourth-order valence-electron chi connectivity index (χ4n) is 4.40. The van der Waals surface area contributed by atoms with Gasteiger partial charge in [-0.05, 0) is 31.2 Å². The number of fused-ring (bicyclic) bond motifs is 1. The van der Waals surface area contributed by atoms with Crippen molar-refractivity contribution < 1.29 is 15.3 Å². The van der Waals surface area contributed by atoms with E-state index in [1.807, 2.05) is 6.07 Å². The van der Waals surface area contributed by atoms with E-state index in [-0.39, 0.29) is 6.04 Å². The van der Waals surface area contributed by atoms with Crippen LogP contribution in [0.15, 0.2) is 35.5 Å². The molecule has 2 heterocycles. The van der Waals surface area contributed by atoms with Gasteiger partial charge in [-0.3, -0.25) is 0 Å². The van der Waals surface area contributed by atoms with Gasteiger partial charge in [-0.1, -0.05) is 54.2 Å². The Bertz CT molecular complexity index is 1080. The van der Waals surface area contributed by atoms with E-state index < -0.39 is 24.4 Å². The van der Waals surface area contributed by atoms with E-state index in [2.05, 4.69) is 51.8 Å². The third kappa shape index (κ3) is 4.07. The maximum Gasteiger partial charge on any atom is 0.191 e. The van der Waals surface area contributed by atoms with Crippen LogP contribution in [-0.2, 0) is 0 Å². The lowest BCUT2D eigenvalue weighted by Gasteiger charge is -2.34. The first kappa shape index (κ1) is 21.6. The van der Waals surface area contributed by atoms with Crippen molar-refractivity contribution in [2.24, 2.45) is 0 Å². The highest BCUT2D eigenvalue weighted by Crippen LogP contribution is 2.43. The van der Waals surface area contributed by atoms with Crippen molar-refractivity contribution in [3.05, 3.63) is 35.9 Å². The number of hydrogen-bond acceptors (Lipinski definition) is 9. The minimum atomic E-state index is -1.22. The number of hydrogen-bond donors (Lipinski definition) is 4. The molecule has 170 valence electrons. The molecular weight excluding hydrogens is 428 g/mol. The molecule has 0 spiro atoms. The van der Waals surface area contributed by atoms with E-state index in [0.29, 0.717) is 40.9 Å². The quantitative estimate of drug-likeness (QED) is 0.312. The van der Waals surface area contributed by atoms with Gasteiger partial charge in [-0.15, -0.1) is 5.10 Å². The Morgan fingerprint density at radius 2 is 1.91 bits per heavy atom. The van der Waals surface area contributed by atoms with Crippen LogP contribution < -0.4 is 5.32 Å². The summed E-state index contributed by atoms with van der Waals surface area (Å²) in [7, 11) is 0. The number of thioether (sulfide) groups is 1. The first-order chi connectivity index (χ1) is 15.6. The molecule has 2 unspecified atom stereocenters. The molecule has 4 N–H and O–H groups in total. The average Bonchev–Trinajstić information content (AvgIpc) is 3.45. The Morgan fingerprint density at radius 1 is 1.09 bits per heavy atom. The second-order valence-electron chi connectivity index (χ2n) is 8.61. The van der Waals surface area contributed by atoms with Crippen LogP contribution in [0.3, 0.4) is 0 Å². The zero-order chi connectivity index (χ0) is 22.2. The van der Waals surface area contributed by atoms with E-state index in [1.165, 1.54) is 5.56 Å². The van der Waals surface area contributed by atoms with Crippen LogP contribution in [0.4, 0.5) is 5.82 Å². The summed E-state index contributed by atoms with van der Waals surface area (Å²) in [6.45, 7) is 2.11. The van der Waals surface area contributed by atoms with Gasteiger partial charge in [0, 0.05) is 17.7 Å². The summed E-state index contributed by atoms with van der Waals surface area (Å²) in [5.74, 6) is 1.97. The van der Waals surface area contributed by atoms with Gasteiger partial charge in [0.2, 0.25) is 0 Å². The Morgan fingerprint density at radius 3 is 2.69 bits per heavy atom. The number of nitrogens with one attached hydrogen (secondary N) is 1. The first-order valence-electron chi connectivity index (χ1n) is 11.2. The minimum Gasteiger partial charge on any atom is -0.390 e. The third-order valence-electron chi connectivity index (χ3n) is 6.29. The van der Waals surface area contributed by atoms with Crippen molar-refractivity contribution in [3.8, 4) is 0 Å². The molecule has 5 rings (SSSR count). The van der Waals surface area contributed by atoms with Gasteiger partial charge in [-0.25, -0.2) is 14.6 Å². The molecule has 2 aliphatic rings. The number of aromatic nitrogens is 5. The van der Waals surface area contributed by atoms with E-state index in [4.69, 9.17) is 4.98 Å². The van der Waals surface area contributed by atoms with Crippen molar-refractivity contribution in [1.29, 1.82) is 0 Å². The predicted molar refractivity (Wildman–Crippen MR) is 122 cm³/mol. The molecule has 9 nitrogen and oxygen atoms in total. The second-order valence-corrected chi connectivity index (χ2v) is 9.67. The lowest BCUT2D eigenvalue weighted by molar-refractivity contribution is -0.107. The van der Waals surface area contributed by atoms with Crippen LogP contribution in [0.5, 0.6) is 0 Å². The highest BCUT2D eigenvalue weighted by atomic mass is 32.2. The molecule has 2 aliphatic carbocycles. The smallest absolute Gasteiger partial charge is 0.191 e. The van der Waals surface area contributed by atoms with Crippen molar-refractivity contribution in [2.75, 3.05) is 11.1 Å². The molecule has 3 aromatic rings. The Kier molecular flexibility index (Phi) is 6.02. The van der Waals surface area contributed by atoms with Crippen molar-refractivity contribution in [2.45, 2.75) is 74.1 Å². The van der Waals surface area contributed by atoms with Gasteiger partial charge in [0.25, 0.3) is 0 Å². The van der Waals surface area contributed by atoms with Crippen molar-refractivity contribution in [1.82, 2.24) is 25.0 Å². The number of anilines is 1. The SMILES string of the molecule is CCCSc1nc(NC2CC2c2ccccc2)c2nnn([C@@H]3CC[C@H](O)[C@@H](O)[C@H]3O)c2n1. The molecule has 0 bridgehead atoms. The normalized spacial score (nSPS) is 29.9. The molecule has 2 fully saturated rings. The highest BCUT2D eigenvalue weighted by molar-refractivity contribution is 7.99. The average molecular weight is 457 g/mol. The number of benzene rings is 1. The van der Waals surface area contributed by atoms with Gasteiger partial charge in [0.1, 0.15) is 12.2 Å². The van der Waals surface area contributed by atoms with Crippen LogP contribution >= 0.6 is 11.8 Å². The second kappa shape index (κ2) is 8.93. The molecule has 10 heteroatoms. The summed E-state index contributed by atoms with van der Waals surface area (Å²) >= 11 is 1.57. The van der Waals surface area contributed by atoms with Gasteiger partial charge >= 0.3 is 0 Å². The molecule has 32 heavy (non-hydrogen) atoms. The summed E-state index contributed by atoms with van der Waals surface area (Å²) in [5.41, 5.74) is 2.39. The Hall–Kier alpha value is -2.27. The van der Waals surface area contributed by atoms with Crippen LogP contribution in [0.25, 0.3) is 11.2 Å². The number of rotatable bonds is 7. The lowest BCUT2D eigenvalue weighted by atomic mass is 9.88. The van der Waals surface area contributed by atoms with E-state index >= 15 is 0 Å². The summed E-state index contributed by atoms with van der Waals surface area (Å²) in [6.07, 6.45) is -0.446. The monoisotopic (exact) mass is 456 g/mol. The van der Waals surface area contributed by atoms with Gasteiger partial charge in [-0.2, -0.15) is 0 Å². The van der Waals surface area contributed by atoms with Gasteiger partial charge in [0.05, 0.1) is 12.1 Å². The van der Waals surface area contributed by atoms with E-state index in [0.717, 1.165) is 18.6 Å². The van der Waals surface area contributed by atoms with Crippen molar-refractivity contribution >= 4 is 28.7 Å². The van der Waals surface area contributed by atoms with E-state index in [1.54, 1.807) is 16.4 Å². The zero-order valence-electron chi connectivity index (χ0n) is 17.9. The minimum absolute atomic E-state index is 0.266. The van der Waals surface area contributed by atoms with Crippen LogP contribution in [0.1, 0.15) is 50.1 Å². The molecule has 0 radical (unpaired) electrons. The van der Waals surface area contributed by atoms with Crippen molar-refractivity contribution in [3.63, 3.8) is 0 Å². The Labute approximate surface area is 190 Å². The van der Waals surface area contributed by atoms with Crippen LogP contribution in [0.2, 0.25) is 0 Å². The molecule has 2 aromatic heterocycles. The number of aliphatic hydroxyl groups excluding tert-OH is 3. The summed E-state index contributed by atoms with van der Waals surface area (Å²) in [5, 5.41) is 43.4. The molecule has 0 saturated heterocycles. The highest BCUT2D eigenvalue weighted by Gasteiger charge is 2.41. The lowest BCUT2D eigenvalue weighted by Crippen LogP contribution is -2.47. The molecular formula is C22H28N6O3S. The molecule has 1 aromatic carbocycles. The third-order valence-corrected chi connectivity index (χ3v) is 7.34. The summed E-state index contributed by atoms with van der Waals surface area (Å²) in [6, 6.07) is 10.2. The summed E-state index contributed by atoms with van der Waals surface area (Å²) < 4.78 is 1.58. The van der Waals surface area contributed by atoms with E-state index in [9.17, 15) is 15.3 Å². The fraction of sp³-hybridized carbons (Fsp3) is 0.545. The maximum absolute atomic E-state index is 10.6. The Balaban J connectivity index is 1.46. The van der Waals surface area contributed by atoms with Crippen LogP contribution in [0, 0.1) is 0 Å². The first-order valence-corrected chi connectivity index (χ1v) is 12.2. The number of nitrogens with zero attached hydrogens (tertiary/aromatic N) is 5. The zero-order valence-corrected chi connectivity index (χ0v) is 18.7. The molecule has 6 atom stereocenters. The van der Waals surface area contributed by atoms with Gasteiger partial charge < -0.3 is 20.6 Å².